The zero-order chi connectivity index (χ0) is 15.3. The fourth-order valence-corrected chi connectivity index (χ4v) is 3.17. The molecule has 2 rings (SSSR count). The first-order valence-corrected chi connectivity index (χ1v) is 7.35. The molecule has 1 aliphatic carbocycles. The lowest BCUT2D eigenvalue weighted by atomic mass is 9.79. The standard InChI is InChI=1S/C16H22N2O3/c1-18(12-13-4-8-17-9-5-13)14(19)10-16(11-15(20)21)6-2-3-7-16/h4-5,8-9H,2-3,6-7,10-12H2,1H3,(H,20,21). The predicted octanol–water partition coefficient (Wildman–Crippen LogP) is 2.47. The third-order valence-electron chi connectivity index (χ3n) is 4.31. The molecule has 0 saturated heterocycles. The van der Waals surface area contributed by atoms with E-state index in [1.165, 1.54) is 0 Å². The normalized spacial score (nSPS) is 16.6. The average molecular weight is 290 g/mol. The van der Waals surface area contributed by atoms with Crippen molar-refractivity contribution in [3.05, 3.63) is 30.1 Å². The van der Waals surface area contributed by atoms with E-state index in [2.05, 4.69) is 4.98 Å². The first-order valence-electron chi connectivity index (χ1n) is 7.35. The quantitative estimate of drug-likeness (QED) is 0.873. The number of amides is 1. The summed E-state index contributed by atoms with van der Waals surface area (Å²) >= 11 is 0. The Morgan fingerprint density at radius 1 is 1.24 bits per heavy atom. The van der Waals surface area contributed by atoms with Gasteiger partial charge in [-0.05, 0) is 36.0 Å². The second-order valence-electron chi connectivity index (χ2n) is 6.06. The minimum absolute atomic E-state index is 0.0231. The van der Waals surface area contributed by atoms with Gasteiger partial charge in [0.25, 0.3) is 0 Å². The van der Waals surface area contributed by atoms with E-state index >= 15 is 0 Å². The molecule has 1 amide bonds. The van der Waals surface area contributed by atoms with Gasteiger partial charge in [-0.1, -0.05) is 12.8 Å². The summed E-state index contributed by atoms with van der Waals surface area (Å²) in [4.78, 5) is 29.1. The smallest absolute Gasteiger partial charge is 0.303 e. The van der Waals surface area contributed by atoms with Crippen LogP contribution in [0.3, 0.4) is 0 Å². The highest BCUT2D eigenvalue weighted by molar-refractivity contribution is 5.78. The van der Waals surface area contributed by atoms with Crippen molar-refractivity contribution in [3.8, 4) is 0 Å². The number of carbonyl (C=O) groups excluding carboxylic acids is 1. The molecule has 1 aliphatic rings. The van der Waals surface area contributed by atoms with Gasteiger partial charge in [0.15, 0.2) is 0 Å². The maximum atomic E-state index is 12.4. The van der Waals surface area contributed by atoms with Crippen molar-refractivity contribution < 1.29 is 14.7 Å². The van der Waals surface area contributed by atoms with Gasteiger partial charge in [-0.15, -0.1) is 0 Å². The summed E-state index contributed by atoms with van der Waals surface area (Å²) in [5.74, 6) is -0.781. The molecule has 1 saturated carbocycles. The molecule has 1 fully saturated rings. The zero-order valence-electron chi connectivity index (χ0n) is 12.4. The molecule has 0 bridgehead atoms. The van der Waals surface area contributed by atoms with Crippen molar-refractivity contribution in [1.29, 1.82) is 0 Å². The van der Waals surface area contributed by atoms with Crippen molar-refractivity contribution in [1.82, 2.24) is 9.88 Å². The first kappa shape index (κ1) is 15.5. The van der Waals surface area contributed by atoms with Crippen LogP contribution in [0, 0.1) is 5.41 Å². The number of aliphatic carboxylic acids is 1. The monoisotopic (exact) mass is 290 g/mol. The van der Waals surface area contributed by atoms with Gasteiger partial charge in [0, 0.05) is 32.4 Å². The predicted molar refractivity (Wildman–Crippen MR) is 78.5 cm³/mol. The van der Waals surface area contributed by atoms with Gasteiger partial charge in [0.1, 0.15) is 0 Å². The number of hydrogen-bond acceptors (Lipinski definition) is 3. The molecule has 0 aliphatic heterocycles. The molecule has 1 aromatic rings. The van der Waals surface area contributed by atoms with Crippen LogP contribution in [0.15, 0.2) is 24.5 Å². The van der Waals surface area contributed by atoms with Crippen LogP contribution in [0.5, 0.6) is 0 Å². The number of carbonyl (C=O) groups is 2. The summed E-state index contributed by atoms with van der Waals surface area (Å²) < 4.78 is 0. The second kappa shape index (κ2) is 6.70. The molecule has 5 heteroatoms. The minimum atomic E-state index is -0.804. The Morgan fingerprint density at radius 2 is 1.86 bits per heavy atom. The molecule has 5 nitrogen and oxygen atoms in total. The summed E-state index contributed by atoms with van der Waals surface area (Å²) in [7, 11) is 1.77. The van der Waals surface area contributed by atoms with E-state index < -0.39 is 5.97 Å². The van der Waals surface area contributed by atoms with Crippen molar-refractivity contribution >= 4 is 11.9 Å². The number of rotatable bonds is 6. The van der Waals surface area contributed by atoms with Crippen LogP contribution in [-0.4, -0.2) is 33.9 Å². The molecule has 0 radical (unpaired) electrons. The lowest BCUT2D eigenvalue weighted by Gasteiger charge is -2.29. The van der Waals surface area contributed by atoms with E-state index in [4.69, 9.17) is 5.11 Å². The van der Waals surface area contributed by atoms with Crippen molar-refractivity contribution in [2.24, 2.45) is 5.41 Å². The Bertz CT molecular complexity index is 496. The Kier molecular flexibility index (Phi) is 4.94. The molecule has 21 heavy (non-hydrogen) atoms. The van der Waals surface area contributed by atoms with E-state index in [1.807, 2.05) is 12.1 Å². The largest absolute Gasteiger partial charge is 0.481 e. The fourth-order valence-electron chi connectivity index (χ4n) is 3.17. The lowest BCUT2D eigenvalue weighted by Crippen LogP contribution is -2.33. The van der Waals surface area contributed by atoms with Crippen LogP contribution in [0.1, 0.15) is 44.1 Å². The van der Waals surface area contributed by atoms with Crippen molar-refractivity contribution in [2.45, 2.75) is 45.1 Å². The molecular weight excluding hydrogens is 268 g/mol. The number of carboxylic acid groups (broad SMARTS) is 1. The highest BCUT2D eigenvalue weighted by atomic mass is 16.4. The Morgan fingerprint density at radius 3 is 2.43 bits per heavy atom. The number of carboxylic acids is 1. The van der Waals surface area contributed by atoms with E-state index in [0.29, 0.717) is 13.0 Å². The van der Waals surface area contributed by atoms with Crippen molar-refractivity contribution in [2.75, 3.05) is 7.05 Å². The molecule has 1 N–H and O–H groups in total. The van der Waals surface area contributed by atoms with Crippen LogP contribution >= 0.6 is 0 Å². The number of nitrogens with zero attached hydrogens (tertiary/aromatic N) is 2. The van der Waals surface area contributed by atoms with Crippen molar-refractivity contribution in [3.63, 3.8) is 0 Å². The van der Waals surface area contributed by atoms with Crippen LogP contribution in [0.25, 0.3) is 0 Å². The molecule has 1 heterocycles. The average Bonchev–Trinajstić information content (AvgIpc) is 2.87. The minimum Gasteiger partial charge on any atom is -0.481 e. The Balaban J connectivity index is 1.97. The highest BCUT2D eigenvalue weighted by Gasteiger charge is 2.38. The van der Waals surface area contributed by atoms with E-state index in [0.717, 1.165) is 31.2 Å². The fraction of sp³-hybridized carbons (Fsp3) is 0.562. The van der Waals surface area contributed by atoms with Gasteiger partial charge in [0.05, 0.1) is 6.42 Å². The maximum absolute atomic E-state index is 12.4. The molecule has 0 spiro atoms. The number of pyridine rings is 1. The molecule has 0 unspecified atom stereocenters. The highest BCUT2D eigenvalue weighted by Crippen LogP contribution is 2.44. The van der Waals surface area contributed by atoms with E-state index in [9.17, 15) is 9.59 Å². The Labute approximate surface area is 125 Å². The van der Waals surface area contributed by atoms with Gasteiger partial charge < -0.3 is 10.0 Å². The van der Waals surface area contributed by atoms with E-state index in [-0.39, 0.29) is 17.7 Å². The van der Waals surface area contributed by atoms with Gasteiger partial charge in [-0.3, -0.25) is 14.6 Å². The second-order valence-corrected chi connectivity index (χ2v) is 6.06. The third-order valence-corrected chi connectivity index (χ3v) is 4.31. The SMILES string of the molecule is CN(Cc1ccncc1)C(=O)CC1(CC(=O)O)CCCC1. The molecule has 1 aromatic heterocycles. The lowest BCUT2D eigenvalue weighted by molar-refractivity contribution is -0.141. The molecule has 114 valence electrons. The number of aromatic nitrogens is 1. The number of hydrogen-bond donors (Lipinski definition) is 1. The summed E-state index contributed by atoms with van der Waals surface area (Å²) in [6.45, 7) is 0.532. The molecule has 0 aromatic carbocycles. The van der Waals surface area contributed by atoms with Gasteiger partial charge in [-0.2, -0.15) is 0 Å². The van der Waals surface area contributed by atoms with Gasteiger partial charge in [-0.25, -0.2) is 0 Å². The molecule has 0 atom stereocenters. The summed E-state index contributed by atoms with van der Waals surface area (Å²) in [6.07, 6.45) is 7.57. The third kappa shape index (κ3) is 4.28. The summed E-state index contributed by atoms with van der Waals surface area (Å²) in [5, 5.41) is 9.09. The van der Waals surface area contributed by atoms with Crippen LogP contribution < -0.4 is 0 Å². The molecular formula is C16H22N2O3. The van der Waals surface area contributed by atoms with Crippen LogP contribution in [-0.2, 0) is 16.1 Å². The van der Waals surface area contributed by atoms with Gasteiger partial charge >= 0.3 is 5.97 Å². The topological polar surface area (TPSA) is 70.5 Å². The summed E-state index contributed by atoms with van der Waals surface area (Å²) in [6, 6.07) is 3.76. The maximum Gasteiger partial charge on any atom is 0.303 e. The first-order chi connectivity index (χ1) is 10.0. The van der Waals surface area contributed by atoms with Crippen LogP contribution in [0.4, 0.5) is 0 Å². The van der Waals surface area contributed by atoms with Crippen LogP contribution in [0.2, 0.25) is 0 Å². The zero-order valence-corrected chi connectivity index (χ0v) is 12.4. The summed E-state index contributed by atoms with van der Waals surface area (Å²) in [5.41, 5.74) is 0.689. The van der Waals surface area contributed by atoms with E-state index in [1.54, 1.807) is 24.3 Å². The van der Waals surface area contributed by atoms with Gasteiger partial charge in [0.2, 0.25) is 5.91 Å². The Hall–Kier alpha value is -1.91.